The van der Waals surface area contributed by atoms with Gasteiger partial charge in [-0.25, -0.2) is 13.2 Å². The van der Waals surface area contributed by atoms with Crippen molar-refractivity contribution in [3.05, 3.63) is 29.3 Å². The fourth-order valence-corrected chi connectivity index (χ4v) is 1.90. The average molecular weight is 286 g/mol. The van der Waals surface area contributed by atoms with Crippen molar-refractivity contribution in [2.24, 2.45) is 0 Å². The van der Waals surface area contributed by atoms with Crippen LogP contribution in [0.3, 0.4) is 0 Å². The van der Waals surface area contributed by atoms with Crippen molar-refractivity contribution < 1.29 is 18.3 Å². The Balaban J connectivity index is 3.13. The molecule has 0 aliphatic rings. The molecule has 1 aromatic rings. The third-order valence-corrected chi connectivity index (χ3v) is 3.45. The van der Waals surface area contributed by atoms with Crippen LogP contribution < -0.4 is 9.62 Å². The molecule has 106 valence electrons. The molecular weight excluding hydrogens is 268 g/mol. The van der Waals surface area contributed by atoms with Gasteiger partial charge in [0.05, 0.1) is 5.69 Å². The number of hydrogen-bond acceptors (Lipinski definition) is 3. The lowest BCUT2D eigenvalue weighted by atomic mass is 10.00. The highest BCUT2D eigenvalue weighted by atomic mass is 32.2. The Kier molecular flexibility index (Phi) is 5.17. The van der Waals surface area contributed by atoms with Gasteiger partial charge in [0.25, 0.3) is 0 Å². The molecule has 6 nitrogen and oxygen atoms in total. The van der Waals surface area contributed by atoms with Crippen molar-refractivity contribution in [1.29, 1.82) is 0 Å². The standard InChI is InChI=1S/C12H18N2O4S/c1-8(2)10-4-9(7-13-12(15)16)5-11(6-10)14(3)19(17)18/h4-6,8,13,19H,7H2,1-3H3,(H,15,16). The van der Waals surface area contributed by atoms with E-state index >= 15 is 0 Å². The number of nitrogens with one attached hydrogen (secondary N) is 1. The van der Waals surface area contributed by atoms with E-state index < -0.39 is 17.0 Å². The second kappa shape index (κ2) is 6.42. The minimum absolute atomic E-state index is 0.145. The van der Waals surface area contributed by atoms with E-state index in [0.717, 1.165) is 15.4 Å². The van der Waals surface area contributed by atoms with Crippen LogP contribution in [0, 0.1) is 0 Å². The SMILES string of the molecule is CC(C)c1cc(CNC(=O)O)cc(N(C)[SH](=O)=O)c1. The van der Waals surface area contributed by atoms with Crippen molar-refractivity contribution in [2.75, 3.05) is 11.4 Å². The molecule has 7 heteroatoms. The fraction of sp³-hybridized carbons (Fsp3) is 0.417. The molecule has 0 aliphatic heterocycles. The van der Waals surface area contributed by atoms with Gasteiger partial charge in [-0.05, 0) is 29.2 Å². The molecule has 19 heavy (non-hydrogen) atoms. The van der Waals surface area contributed by atoms with E-state index in [-0.39, 0.29) is 12.5 Å². The molecule has 0 atom stereocenters. The molecule has 0 aliphatic carbocycles. The average Bonchev–Trinajstić information content (AvgIpc) is 2.34. The van der Waals surface area contributed by atoms with Gasteiger partial charge in [-0.15, -0.1) is 0 Å². The number of nitrogens with zero attached hydrogens (tertiary/aromatic N) is 1. The van der Waals surface area contributed by atoms with E-state index in [4.69, 9.17) is 5.11 Å². The molecule has 2 N–H and O–H groups in total. The maximum Gasteiger partial charge on any atom is 0.404 e. The number of anilines is 1. The van der Waals surface area contributed by atoms with E-state index in [1.807, 2.05) is 19.9 Å². The Morgan fingerprint density at radius 2 is 2.00 bits per heavy atom. The van der Waals surface area contributed by atoms with Crippen LogP contribution in [0.5, 0.6) is 0 Å². The molecular formula is C12H18N2O4S. The van der Waals surface area contributed by atoms with E-state index in [9.17, 15) is 13.2 Å². The maximum atomic E-state index is 11.0. The molecule has 0 saturated carbocycles. The summed E-state index contributed by atoms with van der Waals surface area (Å²) >= 11 is 0. The first-order chi connectivity index (χ1) is 8.81. The smallest absolute Gasteiger partial charge is 0.404 e. The van der Waals surface area contributed by atoms with Gasteiger partial charge in [0.15, 0.2) is 0 Å². The lowest BCUT2D eigenvalue weighted by Gasteiger charge is -2.16. The Morgan fingerprint density at radius 1 is 1.37 bits per heavy atom. The highest BCUT2D eigenvalue weighted by Gasteiger charge is 2.09. The Labute approximate surface area is 114 Å². The fourth-order valence-electron chi connectivity index (χ4n) is 1.59. The summed E-state index contributed by atoms with van der Waals surface area (Å²) in [5.41, 5.74) is 2.22. The first-order valence-corrected chi connectivity index (χ1v) is 6.93. The molecule has 0 unspecified atom stereocenters. The molecule has 1 amide bonds. The molecule has 0 fully saturated rings. The lowest BCUT2D eigenvalue weighted by molar-refractivity contribution is 0.194. The summed E-state index contributed by atoms with van der Waals surface area (Å²) in [6, 6.07) is 5.32. The van der Waals surface area contributed by atoms with Crippen LogP contribution in [0.1, 0.15) is 30.9 Å². The first-order valence-electron chi connectivity index (χ1n) is 5.80. The van der Waals surface area contributed by atoms with Crippen molar-refractivity contribution in [3.63, 3.8) is 0 Å². The van der Waals surface area contributed by atoms with Crippen LogP contribution in [-0.4, -0.2) is 26.7 Å². The molecule has 0 heterocycles. The summed E-state index contributed by atoms with van der Waals surface area (Å²) in [6.45, 7) is 4.13. The molecule has 0 spiro atoms. The second-order valence-electron chi connectivity index (χ2n) is 4.51. The summed E-state index contributed by atoms with van der Waals surface area (Å²) in [5, 5.41) is 10.9. The molecule has 0 bridgehead atoms. The van der Waals surface area contributed by atoms with Crippen molar-refractivity contribution in [3.8, 4) is 0 Å². The zero-order chi connectivity index (χ0) is 14.6. The highest BCUT2D eigenvalue weighted by Crippen LogP contribution is 2.23. The number of carboxylic acid groups (broad SMARTS) is 1. The van der Waals surface area contributed by atoms with E-state index in [0.29, 0.717) is 5.69 Å². The van der Waals surface area contributed by atoms with Crippen molar-refractivity contribution in [1.82, 2.24) is 5.32 Å². The minimum Gasteiger partial charge on any atom is -0.465 e. The summed E-state index contributed by atoms with van der Waals surface area (Å²) < 4.78 is 23.2. The number of hydrogen-bond donors (Lipinski definition) is 3. The van der Waals surface area contributed by atoms with Crippen molar-refractivity contribution in [2.45, 2.75) is 26.3 Å². The molecule has 0 aromatic heterocycles. The lowest BCUT2D eigenvalue weighted by Crippen LogP contribution is -2.21. The van der Waals surface area contributed by atoms with Gasteiger partial charge in [-0.2, -0.15) is 0 Å². The normalized spacial score (nSPS) is 10.8. The highest BCUT2D eigenvalue weighted by molar-refractivity contribution is 7.74. The van der Waals surface area contributed by atoms with E-state index in [1.54, 1.807) is 12.1 Å². The van der Waals surface area contributed by atoms with Gasteiger partial charge in [0.1, 0.15) is 0 Å². The van der Waals surface area contributed by atoms with Crippen LogP contribution in [0.15, 0.2) is 18.2 Å². The quantitative estimate of drug-likeness (QED) is 0.717. The van der Waals surface area contributed by atoms with Gasteiger partial charge in [0, 0.05) is 13.6 Å². The number of thiol groups is 1. The Morgan fingerprint density at radius 3 is 2.47 bits per heavy atom. The zero-order valence-electron chi connectivity index (χ0n) is 11.1. The zero-order valence-corrected chi connectivity index (χ0v) is 12.0. The van der Waals surface area contributed by atoms with Crippen LogP contribution >= 0.6 is 0 Å². The maximum absolute atomic E-state index is 11.0. The molecule has 0 radical (unpaired) electrons. The Hall–Kier alpha value is -1.76. The van der Waals surface area contributed by atoms with Crippen LogP contribution in [-0.2, 0) is 17.4 Å². The van der Waals surface area contributed by atoms with Gasteiger partial charge >= 0.3 is 6.09 Å². The van der Waals surface area contributed by atoms with Gasteiger partial charge in [-0.1, -0.05) is 19.9 Å². The third-order valence-electron chi connectivity index (χ3n) is 2.73. The largest absolute Gasteiger partial charge is 0.465 e. The first kappa shape index (κ1) is 15.3. The minimum atomic E-state index is -2.71. The summed E-state index contributed by atoms with van der Waals surface area (Å²) in [6.07, 6.45) is -1.11. The van der Waals surface area contributed by atoms with Crippen LogP contribution in [0.25, 0.3) is 0 Å². The van der Waals surface area contributed by atoms with Crippen molar-refractivity contribution >= 4 is 22.7 Å². The number of rotatable bonds is 5. The number of amides is 1. The van der Waals surface area contributed by atoms with Gasteiger partial charge < -0.3 is 10.4 Å². The molecule has 1 aromatic carbocycles. The number of carbonyl (C=O) groups is 1. The summed E-state index contributed by atoms with van der Waals surface area (Å²) in [7, 11) is -1.25. The van der Waals surface area contributed by atoms with Gasteiger partial charge in [-0.3, -0.25) is 4.31 Å². The number of benzene rings is 1. The monoisotopic (exact) mass is 286 g/mol. The second-order valence-corrected chi connectivity index (χ2v) is 5.58. The topological polar surface area (TPSA) is 86.7 Å². The predicted molar refractivity (Wildman–Crippen MR) is 74.1 cm³/mol. The summed E-state index contributed by atoms with van der Waals surface area (Å²) in [5.74, 6) is 0.224. The predicted octanol–water partition coefficient (Wildman–Crippen LogP) is 1.54. The van der Waals surface area contributed by atoms with Crippen LogP contribution in [0.2, 0.25) is 0 Å². The third kappa shape index (κ3) is 4.44. The van der Waals surface area contributed by atoms with E-state index in [1.165, 1.54) is 7.05 Å². The summed E-state index contributed by atoms with van der Waals surface area (Å²) in [4.78, 5) is 10.5. The van der Waals surface area contributed by atoms with E-state index in [2.05, 4.69) is 5.32 Å². The molecule has 1 rings (SSSR count). The van der Waals surface area contributed by atoms with Crippen LogP contribution in [0.4, 0.5) is 10.5 Å². The van der Waals surface area contributed by atoms with Gasteiger partial charge in [0.2, 0.25) is 10.9 Å². The molecule has 0 saturated heterocycles. The Bertz CT molecular complexity index is 533.